The Balaban J connectivity index is 1.82. The summed E-state index contributed by atoms with van der Waals surface area (Å²) < 4.78 is 9.38. The fourth-order valence-corrected chi connectivity index (χ4v) is 3.34. The zero-order valence-electron chi connectivity index (χ0n) is 17.0. The smallest absolute Gasteiger partial charge is 0.213 e. The Morgan fingerprint density at radius 1 is 1.04 bits per heavy atom. The minimum absolute atomic E-state index is 0.161. The highest BCUT2D eigenvalue weighted by atomic mass is 16.5. The van der Waals surface area contributed by atoms with Gasteiger partial charge in [-0.25, -0.2) is 9.97 Å². The van der Waals surface area contributed by atoms with Gasteiger partial charge in [0.15, 0.2) is 0 Å². The first-order valence-corrected chi connectivity index (χ1v) is 9.36. The van der Waals surface area contributed by atoms with Crippen molar-refractivity contribution in [2.75, 3.05) is 7.11 Å². The van der Waals surface area contributed by atoms with Gasteiger partial charge in [-0.2, -0.15) is 5.10 Å². The van der Waals surface area contributed by atoms with E-state index in [4.69, 9.17) is 9.72 Å². The molecule has 0 atom stereocenters. The first kappa shape index (κ1) is 18.2. The molecule has 4 heterocycles. The number of methoxy groups -OCH3 is 1. The number of ether oxygens (including phenoxy) is 1. The maximum absolute atomic E-state index is 5.38. The van der Waals surface area contributed by atoms with Gasteiger partial charge in [0.05, 0.1) is 24.7 Å². The zero-order valence-corrected chi connectivity index (χ0v) is 17.0. The van der Waals surface area contributed by atoms with Crippen molar-refractivity contribution in [3.8, 4) is 28.3 Å². The summed E-state index contributed by atoms with van der Waals surface area (Å²) >= 11 is 0. The summed E-state index contributed by atoms with van der Waals surface area (Å²) in [5, 5.41) is 4.55. The molecule has 0 N–H and O–H groups in total. The Bertz CT molecular complexity index is 1130. The topological polar surface area (TPSA) is 57.2 Å². The molecule has 0 spiro atoms. The molecule has 0 radical (unpaired) electrons. The average molecular weight is 375 g/mol. The zero-order chi connectivity index (χ0) is 19.9. The summed E-state index contributed by atoms with van der Waals surface area (Å²) in [4.78, 5) is 9.32. The lowest BCUT2D eigenvalue weighted by Crippen LogP contribution is -2.15. The van der Waals surface area contributed by atoms with Gasteiger partial charge in [0.2, 0.25) is 5.88 Å². The summed E-state index contributed by atoms with van der Waals surface area (Å²) in [6, 6.07) is 8.04. The molecule has 4 aromatic heterocycles. The third-order valence-electron chi connectivity index (χ3n) is 4.51. The predicted octanol–water partition coefficient (Wildman–Crippen LogP) is 4.62. The van der Waals surface area contributed by atoms with Crippen LogP contribution in [0.25, 0.3) is 28.0 Å². The van der Waals surface area contributed by atoms with Gasteiger partial charge in [-0.1, -0.05) is 20.8 Å². The van der Waals surface area contributed by atoms with Crippen LogP contribution >= 0.6 is 0 Å². The Kier molecular flexibility index (Phi) is 4.41. The molecule has 0 aliphatic heterocycles. The van der Waals surface area contributed by atoms with E-state index in [1.54, 1.807) is 7.11 Å². The number of hydrogen-bond acceptors (Lipinski definition) is 4. The minimum Gasteiger partial charge on any atom is -0.481 e. The molecule has 0 bridgehead atoms. The van der Waals surface area contributed by atoms with Gasteiger partial charge >= 0.3 is 0 Å². The highest BCUT2D eigenvalue weighted by molar-refractivity contribution is 5.81. The van der Waals surface area contributed by atoms with Crippen LogP contribution < -0.4 is 4.74 Å². The van der Waals surface area contributed by atoms with Crippen LogP contribution in [0.1, 0.15) is 26.5 Å². The van der Waals surface area contributed by atoms with Crippen molar-refractivity contribution in [1.82, 2.24) is 24.1 Å². The van der Waals surface area contributed by atoms with Crippen molar-refractivity contribution in [1.29, 1.82) is 0 Å². The number of hydrogen-bond donors (Lipinski definition) is 0. The van der Waals surface area contributed by atoms with Crippen molar-refractivity contribution < 1.29 is 4.74 Å². The standard InChI is InChI=1S/C22H25N5O/c1-15-12-26-9-8-16(10-19(26)24-15)21-18(6-7-20(25-21)28-5)17-11-23-27(13-17)14-22(2,3)4/h6-13H,14H2,1-5H3. The normalized spacial score (nSPS) is 11.9. The average Bonchev–Trinajstić information content (AvgIpc) is 3.24. The van der Waals surface area contributed by atoms with Crippen molar-refractivity contribution in [2.45, 2.75) is 34.2 Å². The van der Waals surface area contributed by atoms with E-state index in [2.05, 4.69) is 49.2 Å². The van der Waals surface area contributed by atoms with E-state index < -0.39 is 0 Å². The monoisotopic (exact) mass is 375 g/mol. The van der Waals surface area contributed by atoms with E-state index in [-0.39, 0.29) is 5.41 Å². The van der Waals surface area contributed by atoms with Crippen molar-refractivity contribution in [3.05, 3.63) is 54.7 Å². The lowest BCUT2D eigenvalue weighted by molar-refractivity contribution is 0.325. The highest BCUT2D eigenvalue weighted by Gasteiger charge is 2.16. The molecule has 0 aliphatic carbocycles. The second-order valence-electron chi connectivity index (χ2n) is 8.30. The summed E-state index contributed by atoms with van der Waals surface area (Å²) in [5.74, 6) is 0.584. The molecule has 0 saturated heterocycles. The first-order valence-electron chi connectivity index (χ1n) is 9.36. The lowest BCUT2D eigenvalue weighted by Gasteiger charge is -2.17. The summed E-state index contributed by atoms with van der Waals surface area (Å²) in [6.45, 7) is 9.46. The van der Waals surface area contributed by atoms with Crippen LogP contribution in [0.4, 0.5) is 0 Å². The Labute approximate surface area is 164 Å². The number of aryl methyl sites for hydroxylation is 1. The van der Waals surface area contributed by atoms with Crippen molar-refractivity contribution in [3.63, 3.8) is 0 Å². The molecule has 0 fully saturated rings. The number of nitrogens with zero attached hydrogens (tertiary/aromatic N) is 5. The van der Waals surface area contributed by atoms with Gasteiger partial charge in [0, 0.05) is 47.9 Å². The number of aromatic nitrogens is 5. The quantitative estimate of drug-likeness (QED) is 0.522. The molecule has 28 heavy (non-hydrogen) atoms. The van der Waals surface area contributed by atoms with E-state index in [1.165, 1.54) is 0 Å². The van der Waals surface area contributed by atoms with Crippen LogP contribution in [-0.4, -0.2) is 31.3 Å². The van der Waals surface area contributed by atoms with Gasteiger partial charge in [-0.15, -0.1) is 0 Å². The predicted molar refractivity (Wildman–Crippen MR) is 110 cm³/mol. The SMILES string of the molecule is COc1ccc(-c2cnn(CC(C)(C)C)c2)c(-c2ccn3cc(C)nc3c2)n1. The molecule has 4 aromatic rings. The molecular formula is C22H25N5O. The Morgan fingerprint density at radius 2 is 1.86 bits per heavy atom. The van der Waals surface area contributed by atoms with Gasteiger partial charge in [0.25, 0.3) is 0 Å². The van der Waals surface area contributed by atoms with Crippen molar-refractivity contribution >= 4 is 5.65 Å². The Morgan fingerprint density at radius 3 is 2.61 bits per heavy atom. The van der Waals surface area contributed by atoms with Crippen LogP contribution in [0.5, 0.6) is 5.88 Å². The van der Waals surface area contributed by atoms with E-state index in [9.17, 15) is 0 Å². The van der Waals surface area contributed by atoms with Crippen LogP contribution in [0.15, 0.2) is 49.1 Å². The third kappa shape index (κ3) is 3.63. The lowest BCUT2D eigenvalue weighted by atomic mass is 9.97. The van der Waals surface area contributed by atoms with Crippen LogP contribution in [0, 0.1) is 12.3 Å². The second kappa shape index (κ2) is 6.78. The van der Waals surface area contributed by atoms with E-state index in [0.717, 1.165) is 40.3 Å². The molecule has 0 aliphatic rings. The third-order valence-corrected chi connectivity index (χ3v) is 4.51. The maximum Gasteiger partial charge on any atom is 0.213 e. The van der Waals surface area contributed by atoms with Crippen LogP contribution in [0.2, 0.25) is 0 Å². The van der Waals surface area contributed by atoms with Gasteiger partial charge < -0.3 is 9.14 Å². The number of pyridine rings is 2. The molecule has 6 nitrogen and oxygen atoms in total. The number of rotatable bonds is 4. The summed E-state index contributed by atoms with van der Waals surface area (Å²) in [5.41, 5.74) is 5.96. The Hall–Kier alpha value is -3.15. The molecular weight excluding hydrogens is 350 g/mol. The van der Waals surface area contributed by atoms with Crippen LogP contribution in [0.3, 0.4) is 0 Å². The highest BCUT2D eigenvalue weighted by Crippen LogP contribution is 2.33. The van der Waals surface area contributed by atoms with E-state index >= 15 is 0 Å². The summed E-state index contributed by atoms with van der Waals surface area (Å²) in [7, 11) is 1.63. The molecule has 0 amide bonds. The maximum atomic E-state index is 5.38. The van der Waals surface area contributed by atoms with Crippen molar-refractivity contribution in [2.24, 2.45) is 5.41 Å². The van der Waals surface area contributed by atoms with Gasteiger partial charge in [0.1, 0.15) is 5.65 Å². The van der Waals surface area contributed by atoms with Crippen LogP contribution in [-0.2, 0) is 6.54 Å². The summed E-state index contributed by atoms with van der Waals surface area (Å²) in [6.07, 6.45) is 8.00. The van der Waals surface area contributed by atoms with Gasteiger partial charge in [-0.3, -0.25) is 4.68 Å². The fraction of sp³-hybridized carbons (Fsp3) is 0.318. The van der Waals surface area contributed by atoms with E-state index in [0.29, 0.717) is 5.88 Å². The molecule has 4 rings (SSSR count). The van der Waals surface area contributed by atoms with Gasteiger partial charge in [-0.05, 0) is 30.5 Å². The largest absolute Gasteiger partial charge is 0.481 e. The fourth-order valence-electron chi connectivity index (χ4n) is 3.34. The molecule has 0 unspecified atom stereocenters. The molecule has 6 heteroatoms. The number of fused-ring (bicyclic) bond motifs is 1. The minimum atomic E-state index is 0.161. The molecule has 0 aromatic carbocycles. The number of imidazole rings is 1. The molecule has 144 valence electrons. The molecule has 0 saturated carbocycles. The first-order chi connectivity index (χ1) is 13.3. The second-order valence-corrected chi connectivity index (χ2v) is 8.30. The van der Waals surface area contributed by atoms with E-state index in [1.807, 2.05) is 46.7 Å².